The van der Waals surface area contributed by atoms with E-state index in [-0.39, 0.29) is 0 Å². The van der Waals surface area contributed by atoms with Crippen molar-refractivity contribution in [3.05, 3.63) is 0 Å². The molecule has 60 valence electrons. The van der Waals surface area contributed by atoms with Crippen LogP contribution in [0.2, 0.25) is 0 Å². The van der Waals surface area contributed by atoms with Gasteiger partial charge in [-0.3, -0.25) is 4.79 Å². The molecule has 0 bridgehead atoms. The van der Waals surface area contributed by atoms with Gasteiger partial charge in [0, 0.05) is 6.61 Å². The molecule has 0 aliphatic rings. The van der Waals surface area contributed by atoms with Crippen LogP contribution in [0, 0.1) is 0 Å². The van der Waals surface area contributed by atoms with Crippen molar-refractivity contribution in [2.75, 3.05) is 13.3 Å². The predicted molar refractivity (Wildman–Crippen MR) is 39.5 cm³/mol. The second-order valence-corrected chi connectivity index (χ2v) is 2.08. The summed E-state index contributed by atoms with van der Waals surface area (Å²) in [6.07, 6.45) is 4.11. The van der Waals surface area contributed by atoms with Crippen LogP contribution in [-0.4, -0.2) is 19.7 Å². The maximum atomic E-state index is 9.70. The zero-order valence-corrected chi connectivity index (χ0v) is 6.43. The van der Waals surface area contributed by atoms with Gasteiger partial charge in [-0.1, -0.05) is 19.8 Å². The second-order valence-electron chi connectivity index (χ2n) is 2.08. The zero-order valence-electron chi connectivity index (χ0n) is 6.43. The van der Waals surface area contributed by atoms with Crippen molar-refractivity contribution in [2.24, 2.45) is 0 Å². The molecule has 1 amide bonds. The molecular formula is C7H15NO2. The van der Waals surface area contributed by atoms with Gasteiger partial charge in [0.1, 0.15) is 6.73 Å². The van der Waals surface area contributed by atoms with Crippen molar-refractivity contribution in [3.63, 3.8) is 0 Å². The summed E-state index contributed by atoms with van der Waals surface area (Å²) in [6, 6.07) is 0. The van der Waals surface area contributed by atoms with Crippen molar-refractivity contribution in [1.82, 2.24) is 5.32 Å². The van der Waals surface area contributed by atoms with Crippen LogP contribution in [0.3, 0.4) is 0 Å². The second kappa shape index (κ2) is 8.43. The first kappa shape index (κ1) is 9.43. The quantitative estimate of drug-likeness (QED) is 0.328. The molecule has 0 rings (SSSR count). The highest BCUT2D eigenvalue weighted by atomic mass is 16.5. The van der Waals surface area contributed by atoms with Crippen molar-refractivity contribution in [2.45, 2.75) is 26.2 Å². The lowest BCUT2D eigenvalue weighted by atomic mass is 10.3. The smallest absolute Gasteiger partial charge is 0.208 e. The average molecular weight is 145 g/mol. The van der Waals surface area contributed by atoms with Gasteiger partial charge < -0.3 is 10.1 Å². The number of unbranched alkanes of at least 4 members (excludes halogenated alkanes) is 2. The van der Waals surface area contributed by atoms with E-state index in [1.807, 2.05) is 0 Å². The molecule has 0 saturated carbocycles. The van der Waals surface area contributed by atoms with E-state index >= 15 is 0 Å². The van der Waals surface area contributed by atoms with Gasteiger partial charge in [-0.05, 0) is 6.42 Å². The van der Waals surface area contributed by atoms with Gasteiger partial charge in [-0.15, -0.1) is 0 Å². The molecule has 0 aromatic carbocycles. The molecule has 1 N–H and O–H groups in total. The summed E-state index contributed by atoms with van der Waals surface area (Å²) in [5.74, 6) is 0. The summed E-state index contributed by atoms with van der Waals surface area (Å²) in [7, 11) is 0. The van der Waals surface area contributed by atoms with Gasteiger partial charge in [-0.2, -0.15) is 0 Å². The SMILES string of the molecule is CCCCCOCNC=O. The molecule has 0 heterocycles. The van der Waals surface area contributed by atoms with Gasteiger partial charge in [0.15, 0.2) is 0 Å². The normalized spacial score (nSPS) is 9.30. The number of carbonyl (C=O) groups excluding carboxylic acids is 1. The lowest BCUT2D eigenvalue weighted by molar-refractivity contribution is -0.111. The van der Waals surface area contributed by atoms with Crippen LogP contribution in [0.1, 0.15) is 26.2 Å². The lowest BCUT2D eigenvalue weighted by Gasteiger charge is -2.00. The highest BCUT2D eigenvalue weighted by Crippen LogP contribution is 1.92. The van der Waals surface area contributed by atoms with E-state index in [1.54, 1.807) is 0 Å². The third-order valence-electron chi connectivity index (χ3n) is 1.16. The minimum Gasteiger partial charge on any atom is -0.361 e. The van der Waals surface area contributed by atoms with Gasteiger partial charge in [0.05, 0.1) is 0 Å². The summed E-state index contributed by atoms with van der Waals surface area (Å²) < 4.78 is 5.03. The fraction of sp³-hybridized carbons (Fsp3) is 0.857. The molecule has 0 fully saturated rings. The fourth-order valence-corrected chi connectivity index (χ4v) is 0.619. The Labute approximate surface area is 61.8 Å². The zero-order chi connectivity index (χ0) is 7.66. The van der Waals surface area contributed by atoms with E-state index in [0.29, 0.717) is 13.1 Å². The van der Waals surface area contributed by atoms with E-state index in [1.165, 1.54) is 12.8 Å². The van der Waals surface area contributed by atoms with E-state index in [0.717, 1.165) is 13.0 Å². The van der Waals surface area contributed by atoms with Crippen LogP contribution in [-0.2, 0) is 9.53 Å². The Morgan fingerprint density at radius 1 is 1.50 bits per heavy atom. The van der Waals surface area contributed by atoms with Gasteiger partial charge >= 0.3 is 0 Å². The summed E-state index contributed by atoms with van der Waals surface area (Å²) in [4.78, 5) is 9.70. The molecule has 0 radical (unpaired) electrons. The Balaban J connectivity index is 2.70. The molecule has 10 heavy (non-hydrogen) atoms. The minimum atomic E-state index is 0.340. The highest BCUT2D eigenvalue weighted by molar-refractivity contribution is 5.45. The molecule has 3 nitrogen and oxygen atoms in total. The van der Waals surface area contributed by atoms with E-state index in [2.05, 4.69) is 12.2 Å². The number of carbonyl (C=O) groups is 1. The van der Waals surface area contributed by atoms with Gasteiger partial charge in [0.25, 0.3) is 0 Å². The third-order valence-corrected chi connectivity index (χ3v) is 1.16. The van der Waals surface area contributed by atoms with Gasteiger partial charge in [0.2, 0.25) is 6.41 Å². The molecular weight excluding hydrogens is 130 g/mol. The molecule has 0 aromatic heterocycles. The van der Waals surface area contributed by atoms with Crippen LogP contribution < -0.4 is 5.32 Å². The maximum absolute atomic E-state index is 9.70. The van der Waals surface area contributed by atoms with Crippen LogP contribution in [0.5, 0.6) is 0 Å². The van der Waals surface area contributed by atoms with Gasteiger partial charge in [-0.25, -0.2) is 0 Å². The monoisotopic (exact) mass is 145 g/mol. The molecule has 0 aromatic rings. The fourth-order valence-electron chi connectivity index (χ4n) is 0.619. The van der Waals surface area contributed by atoms with Crippen LogP contribution in [0.25, 0.3) is 0 Å². The number of hydrogen-bond acceptors (Lipinski definition) is 2. The summed E-state index contributed by atoms with van der Waals surface area (Å²) in [6.45, 7) is 3.23. The summed E-state index contributed by atoms with van der Waals surface area (Å²) in [5, 5.41) is 2.42. The Morgan fingerprint density at radius 2 is 2.30 bits per heavy atom. The minimum absolute atomic E-state index is 0.340. The Kier molecular flexibility index (Phi) is 7.95. The summed E-state index contributed by atoms with van der Waals surface area (Å²) >= 11 is 0. The van der Waals surface area contributed by atoms with Crippen molar-refractivity contribution < 1.29 is 9.53 Å². The standard InChI is InChI=1S/C7H15NO2/c1-2-3-4-5-10-7-8-6-9/h6H,2-5,7H2,1H3,(H,8,9). The predicted octanol–water partition coefficient (Wildman–Crippen LogP) is 0.897. The van der Waals surface area contributed by atoms with Crippen molar-refractivity contribution in [1.29, 1.82) is 0 Å². The topological polar surface area (TPSA) is 38.3 Å². The number of hydrogen-bond donors (Lipinski definition) is 1. The largest absolute Gasteiger partial charge is 0.361 e. The first-order chi connectivity index (χ1) is 4.91. The number of ether oxygens (including phenoxy) is 1. The van der Waals surface area contributed by atoms with E-state index in [9.17, 15) is 4.79 Å². The lowest BCUT2D eigenvalue weighted by Crippen LogP contribution is -2.15. The van der Waals surface area contributed by atoms with Crippen LogP contribution >= 0.6 is 0 Å². The Hall–Kier alpha value is -0.570. The first-order valence-electron chi connectivity index (χ1n) is 3.66. The highest BCUT2D eigenvalue weighted by Gasteiger charge is 1.85. The van der Waals surface area contributed by atoms with E-state index < -0.39 is 0 Å². The number of nitrogens with one attached hydrogen (secondary N) is 1. The third kappa shape index (κ3) is 7.43. The Morgan fingerprint density at radius 3 is 2.90 bits per heavy atom. The molecule has 3 heteroatoms. The molecule has 0 saturated heterocycles. The van der Waals surface area contributed by atoms with Crippen LogP contribution in [0.15, 0.2) is 0 Å². The molecule has 0 unspecified atom stereocenters. The average Bonchev–Trinajstić information content (AvgIpc) is 1.97. The van der Waals surface area contributed by atoms with Crippen molar-refractivity contribution >= 4 is 6.41 Å². The Bertz CT molecular complexity index is 76.0. The maximum Gasteiger partial charge on any atom is 0.208 e. The number of rotatable bonds is 7. The molecule has 0 aliphatic carbocycles. The van der Waals surface area contributed by atoms with Crippen molar-refractivity contribution in [3.8, 4) is 0 Å². The van der Waals surface area contributed by atoms with E-state index in [4.69, 9.17) is 4.74 Å². The summed E-state index contributed by atoms with van der Waals surface area (Å²) in [5.41, 5.74) is 0. The molecule has 0 aliphatic heterocycles. The molecule has 0 atom stereocenters. The van der Waals surface area contributed by atoms with Crippen LogP contribution in [0.4, 0.5) is 0 Å². The molecule has 0 spiro atoms. The number of amides is 1. The first-order valence-corrected chi connectivity index (χ1v) is 3.66.